The maximum absolute atomic E-state index is 13.2. The quantitative estimate of drug-likeness (QED) is 0.373. The maximum Gasteiger partial charge on any atom is 0.408 e. The number of carbonyl (C=O) groups excluding carboxylic acids is 3. The molecule has 0 radical (unpaired) electrons. The highest BCUT2D eigenvalue weighted by molar-refractivity contribution is 7.99. The summed E-state index contributed by atoms with van der Waals surface area (Å²) >= 11 is 1.06. The third-order valence-corrected chi connectivity index (χ3v) is 6.45. The van der Waals surface area contributed by atoms with Crippen LogP contribution in [0.4, 0.5) is 4.79 Å². The summed E-state index contributed by atoms with van der Waals surface area (Å²) in [6.45, 7) is 7.24. The fraction of sp³-hybridized carbons (Fsp3) is 0.458. The molecule has 2 N–H and O–H groups in total. The average Bonchev–Trinajstić information content (AvgIpc) is 3.44. The van der Waals surface area contributed by atoms with E-state index in [2.05, 4.69) is 20.5 Å². The molecule has 3 aromatic rings. The van der Waals surface area contributed by atoms with E-state index in [0.29, 0.717) is 6.42 Å². The first-order chi connectivity index (χ1) is 17.1. The number of alkyl carbamates (subject to hydrolysis) is 1. The van der Waals surface area contributed by atoms with Crippen molar-refractivity contribution in [2.75, 3.05) is 12.9 Å². The molecular weight excluding hydrogens is 486 g/mol. The van der Waals surface area contributed by atoms with Crippen LogP contribution in [0.15, 0.2) is 33.9 Å². The molecule has 3 heterocycles. The topological polar surface area (TPSA) is 140 Å². The summed E-state index contributed by atoms with van der Waals surface area (Å²) in [5.74, 6) is -0.562. The highest BCUT2D eigenvalue weighted by Gasteiger charge is 2.37. The molecule has 192 valence electrons. The van der Waals surface area contributed by atoms with Crippen LogP contribution in [0.5, 0.6) is 0 Å². The molecule has 0 fully saturated rings. The van der Waals surface area contributed by atoms with Crippen LogP contribution in [0.25, 0.3) is 10.9 Å². The van der Waals surface area contributed by atoms with Crippen molar-refractivity contribution >= 4 is 40.6 Å². The molecular formula is C24H29N5O6S. The molecule has 1 aliphatic heterocycles. The Bertz CT molecular complexity index is 1280. The molecule has 4 rings (SSSR count). The molecule has 0 bridgehead atoms. The molecule has 0 saturated carbocycles. The van der Waals surface area contributed by atoms with E-state index in [1.165, 1.54) is 12.0 Å². The number of aromatic nitrogens is 3. The second-order valence-electron chi connectivity index (χ2n) is 9.46. The van der Waals surface area contributed by atoms with Crippen LogP contribution >= 0.6 is 11.8 Å². The van der Waals surface area contributed by atoms with Gasteiger partial charge in [0.2, 0.25) is 11.8 Å². The predicted molar refractivity (Wildman–Crippen MR) is 131 cm³/mol. The Morgan fingerprint density at radius 3 is 2.75 bits per heavy atom. The standard InChI is InChI=1S/C24H29N5O6S/c1-13(25-22(32)35-24(2,3)4)20-27-28-23(34-20)36-12-19(30)29-11-17-15(10-18(29)21(31)33-5)14-8-6-7-9-16(14)26-17/h6-9,13,18,26H,10-12H2,1-5H3,(H,25,32)/t13-,18+/m1/s1. The number of nitrogens with zero attached hydrogens (tertiary/aromatic N) is 3. The Hall–Kier alpha value is -3.54. The number of hydrogen-bond acceptors (Lipinski definition) is 9. The normalized spacial score (nSPS) is 16.4. The zero-order chi connectivity index (χ0) is 26.0. The van der Waals surface area contributed by atoms with Crippen molar-refractivity contribution in [3.05, 3.63) is 41.4 Å². The van der Waals surface area contributed by atoms with Gasteiger partial charge in [0.25, 0.3) is 5.22 Å². The van der Waals surface area contributed by atoms with Gasteiger partial charge in [-0.25, -0.2) is 9.59 Å². The second kappa shape index (κ2) is 10.2. The van der Waals surface area contributed by atoms with E-state index in [9.17, 15) is 14.4 Å². The van der Waals surface area contributed by atoms with Crippen LogP contribution in [0.2, 0.25) is 0 Å². The summed E-state index contributed by atoms with van der Waals surface area (Å²) in [6, 6.07) is 6.53. The molecule has 2 atom stereocenters. The van der Waals surface area contributed by atoms with Crippen LogP contribution < -0.4 is 5.32 Å². The first-order valence-corrected chi connectivity index (χ1v) is 12.5. The molecule has 0 aliphatic carbocycles. The molecule has 11 nitrogen and oxygen atoms in total. The number of thioether (sulfide) groups is 1. The number of nitrogens with one attached hydrogen (secondary N) is 2. The summed E-state index contributed by atoms with van der Waals surface area (Å²) in [6.07, 6.45) is -0.242. The summed E-state index contributed by atoms with van der Waals surface area (Å²) in [7, 11) is 1.32. The minimum Gasteiger partial charge on any atom is -0.467 e. The largest absolute Gasteiger partial charge is 0.467 e. The van der Waals surface area contributed by atoms with Crippen molar-refractivity contribution in [1.29, 1.82) is 0 Å². The van der Waals surface area contributed by atoms with E-state index in [0.717, 1.165) is 33.9 Å². The van der Waals surface area contributed by atoms with Crippen molar-refractivity contribution in [3.8, 4) is 0 Å². The lowest BCUT2D eigenvalue weighted by Gasteiger charge is -2.33. The number of carbonyl (C=O) groups is 3. The Morgan fingerprint density at radius 2 is 2.03 bits per heavy atom. The van der Waals surface area contributed by atoms with Gasteiger partial charge in [0.1, 0.15) is 17.7 Å². The van der Waals surface area contributed by atoms with Gasteiger partial charge < -0.3 is 29.1 Å². The monoisotopic (exact) mass is 515 g/mol. The van der Waals surface area contributed by atoms with Gasteiger partial charge in [0, 0.05) is 23.0 Å². The number of amides is 2. The third-order valence-electron chi connectivity index (χ3n) is 5.64. The number of esters is 1. The highest BCUT2D eigenvalue weighted by Crippen LogP contribution is 2.31. The number of aromatic amines is 1. The number of benzene rings is 1. The molecule has 0 spiro atoms. The minimum atomic E-state index is -0.730. The Labute approximate surface area is 212 Å². The summed E-state index contributed by atoms with van der Waals surface area (Å²) in [5, 5.41) is 11.8. The Kier molecular flexibility index (Phi) is 7.25. The van der Waals surface area contributed by atoms with Gasteiger partial charge in [-0.15, -0.1) is 10.2 Å². The molecule has 0 saturated heterocycles. The van der Waals surface area contributed by atoms with E-state index in [4.69, 9.17) is 13.9 Å². The SMILES string of the molecule is COC(=O)[C@@H]1Cc2c([nH]c3ccccc23)CN1C(=O)CSc1nnc([C@@H](C)NC(=O)OC(C)(C)C)o1. The second-order valence-corrected chi connectivity index (χ2v) is 10.4. The van der Waals surface area contributed by atoms with E-state index in [-0.39, 0.29) is 29.3 Å². The minimum absolute atomic E-state index is 0.0153. The lowest BCUT2D eigenvalue weighted by Crippen LogP contribution is -2.49. The first kappa shape index (κ1) is 25.5. The van der Waals surface area contributed by atoms with E-state index in [1.54, 1.807) is 27.7 Å². The smallest absolute Gasteiger partial charge is 0.408 e. The molecule has 0 unspecified atom stereocenters. The van der Waals surface area contributed by atoms with Crippen LogP contribution in [0, 0.1) is 0 Å². The fourth-order valence-corrected chi connectivity index (χ4v) is 4.68. The highest BCUT2D eigenvalue weighted by atomic mass is 32.2. The van der Waals surface area contributed by atoms with Crippen LogP contribution in [0.3, 0.4) is 0 Å². The van der Waals surface area contributed by atoms with Gasteiger partial charge in [0.05, 0.1) is 19.4 Å². The van der Waals surface area contributed by atoms with Gasteiger partial charge >= 0.3 is 12.1 Å². The van der Waals surface area contributed by atoms with E-state index < -0.39 is 29.7 Å². The molecule has 12 heteroatoms. The third kappa shape index (κ3) is 5.64. The fourth-order valence-electron chi connectivity index (χ4n) is 4.02. The number of rotatable bonds is 6. The van der Waals surface area contributed by atoms with E-state index in [1.807, 2.05) is 24.3 Å². The number of ether oxygens (including phenoxy) is 2. The van der Waals surface area contributed by atoms with E-state index >= 15 is 0 Å². The Balaban J connectivity index is 1.41. The number of hydrogen-bond donors (Lipinski definition) is 2. The van der Waals surface area contributed by atoms with Crippen molar-refractivity contribution in [2.45, 2.75) is 63.6 Å². The average molecular weight is 516 g/mol. The van der Waals surface area contributed by atoms with Crippen LogP contribution in [-0.2, 0) is 32.0 Å². The maximum atomic E-state index is 13.2. The zero-order valence-corrected chi connectivity index (χ0v) is 21.6. The van der Waals surface area contributed by atoms with Gasteiger partial charge in [-0.3, -0.25) is 4.79 Å². The molecule has 2 aromatic heterocycles. The van der Waals surface area contributed by atoms with Crippen molar-refractivity contribution in [3.63, 3.8) is 0 Å². The lowest BCUT2D eigenvalue weighted by atomic mass is 9.96. The van der Waals surface area contributed by atoms with Crippen molar-refractivity contribution in [2.24, 2.45) is 0 Å². The summed E-state index contributed by atoms with van der Waals surface area (Å²) in [5.41, 5.74) is 2.24. The molecule has 1 aromatic carbocycles. The Morgan fingerprint density at radius 1 is 1.28 bits per heavy atom. The molecule has 36 heavy (non-hydrogen) atoms. The molecule has 2 amide bonds. The number of methoxy groups -OCH3 is 1. The number of fused-ring (bicyclic) bond motifs is 3. The first-order valence-electron chi connectivity index (χ1n) is 11.5. The van der Waals surface area contributed by atoms with Gasteiger partial charge in [-0.2, -0.15) is 0 Å². The van der Waals surface area contributed by atoms with Crippen molar-refractivity contribution < 1.29 is 28.3 Å². The summed E-state index contributed by atoms with van der Waals surface area (Å²) in [4.78, 5) is 42.6. The van der Waals surface area contributed by atoms with Crippen LogP contribution in [0.1, 0.15) is 50.9 Å². The number of para-hydroxylation sites is 1. The lowest BCUT2D eigenvalue weighted by molar-refractivity contribution is -0.153. The zero-order valence-electron chi connectivity index (χ0n) is 20.8. The van der Waals surface area contributed by atoms with Crippen molar-refractivity contribution in [1.82, 2.24) is 25.4 Å². The number of H-pyrrole nitrogens is 1. The predicted octanol–water partition coefficient (Wildman–Crippen LogP) is 3.36. The summed E-state index contributed by atoms with van der Waals surface area (Å²) < 4.78 is 15.8. The van der Waals surface area contributed by atoms with Gasteiger partial charge in [-0.1, -0.05) is 30.0 Å². The van der Waals surface area contributed by atoms with Gasteiger partial charge in [-0.05, 0) is 39.3 Å². The van der Waals surface area contributed by atoms with Gasteiger partial charge in [0.15, 0.2) is 0 Å². The van der Waals surface area contributed by atoms with Crippen LogP contribution in [-0.4, -0.2) is 62.6 Å². The molecule has 1 aliphatic rings.